The van der Waals surface area contributed by atoms with Crippen LogP contribution in [0.5, 0.6) is 0 Å². The Hall–Kier alpha value is -1.08. The fourth-order valence-electron chi connectivity index (χ4n) is 2.49. The zero-order valence-corrected chi connectivity index (χ0v) is 13.7. The van der Waals surface area contributed by atoms with E-state index in [0.717, 1.165) is 50.4 Å². The lowest BCUT2D eigenvalue weighted by molar-refractivity contribution is -0.116. The molecule has 7 heteroatoms. The number of piperidine rings is 1. The summed E-state index contributed by atoms with van der Waals surface area (Å²) in [6.45, 7) is 2.03. The molecule has 1 amide bonds. The number of unbranched alkanes of at least 4 members (excludes halogenated alkanes) is 1. The molecule has 1 aliphatic heterocycles. The number of anilines is 1. The van der Waals surface area contributed by atoms with Gasteiger partial charge in [0.05, 0.1) is 0 Å². The largest absolute Gasteiger partial charge is 0.317 e. The third-order valence-electron chi connectivity index (χ3n) is 3.74. The Morgan fingerprint density at radius 2 is 2.19 bits per heavy atom. The molecule has 2 rings (SSSR count). The second-order valence-electron chi connectivity index (χ2n) is 5.44. The van der Waals surface area contributed by atoms with Crippen molar-refractivity contribution in [2.45, 2.75) is 38.0 Å². The van der Waals surface area contributed by atoms with E-state index in [2.05, 4.69) is 27.0 Å². The van der Waals surface area contributed by atoms with E-state index >= 15 is 0 Å². The van der Waals surface area contributed by atoms with E-state index in [0.29, 0.717) is 18.3 Å². The molecule has 118 valence electrons. The van der Waals surface area contributed by atoms with E-state index in [1.165, 1.54) is 0 Å². The molecule has 1 aromatic heterocycles. The molecule has 21 heavy (non-hydrogen) atoms. The fraction of sp³-hybridized carbons (Fsp3) is 0.786. The van der Waals surface area contributed by atoms with Crippen molar-refractivity contribution in [2.24, 2.45) is 7.05 Å². The monoisotopic (exact) mass is 311 g/mol. The Labute approximate surface area is 130 Å². The van der Waals surface area contributed by atoms with E-state index in [4.69, 9.17) is 0 Å². The van der Waals surface area contributed by atoms with E-state index in [9.17, 15) is 4.79 Å². The third kappa shape index (κ3) is 5.00. The maximum atomic E-state index is 11.9. The summed E-state index contributed by atoms with van der Waals surface area (Å²) >= 11 is 1.82. The van der Waals surface area contributed by atoms with Crippen LogP contribution in [0.15, 0.2) is 0 Å². The molecule has 1 aliphatic rings. The quantitative estimate of drug-likeness (QED) is 0.751. The number of thioether (sulfide) groups is 1. The molecular weight excluding hydrogens is 286 g/mol. The minimum absolute atomic E-state index is 0.0310. The highest BCUT2D eigenvalue weighted by Crippen LogP contribution is 2.23. The predicted octanol–water partition coefficient (Wildman–Crippen LogP) is 1.75. The highest BCUT2D eigenvalue weighted by Gasteiger charge is 2.21. The van der Waals surface area contributed by atoms with Gasteiger partial charge in [-0.3, -0.25) is 10.1 Å². The smallest absolute Gasteiger partial charge is 0.227 e. The van der Waals surface area contributed by atoms with Crippen molar-refractivity contribution < 1.29 is 4.79 Å². The van der Waals surface area contributed by atoms with Crippen molar-refractivity contribution in [1.82, 2.24) is 20.1 Å². The Morgan fingerprint density at radius 1 is 1.43 bits per heavy atom. The highest BCUT2D eigenvalue weighted by molar-refractivity contribution is 7.98. The molecule has 0 aliphatic carbocycles. The van der Waals surface area contributed by atoms with Gasteiger partial charge in [0.2, 0.25) is 11.9 Å². The van der Waals surface area contributed by atoms with Crippen LogP contribution >= 0.6 is 11.8 Å². The molecule has 0 saturated carbocycles. The normalized spacial score (nSPS) is 16.1. The van der Waals surface area contributed by atoms with E-state index < -0.39 is 0 Å². The van der Waals surface area contributed by atoms with Crippen molar-refractivity contribution >= 4 is 23.6 Å². The van der Waals surface area contributed by atoms with Crippen LogP contribution in [0, 0.1) is 0 Å². The molecule has 1 fully saturated rings. The predicted molar refractivity (Wildman–Crippen MR) is 86.7 cm³/mol. The number of nitrogens with one attached hydrogen (secondary N) is 2. The topological polar surface area (TPSA) is 71.8 Å². The van der Waals surface area contributed by atoms with E-state index in [-0.39, 0.29) is 5.91 Å². The number of rotatable bonds is 7. The second-order valence-corrected chi connectivity index (χ2v) is 6.43. The number of nitrogens with zero attached hydrogens (tertiary/aromatic N) is 3. The van der Waals surface area contributed by atoms with Gasteiger partial charge in [0, 0.05) is 19.4 Å². The highest BCUT2D eigenvalue weighted by atomic mass is 32.2. The Morgan fingerprint density at radius 3 is 2.90 bits per heavy atom. The standard InChI is InChI=1S/C14H25N5OS/c1-19-14(16-12(20)5-3-4-10-21-2)17-13(18-19)11-6-8-15-9-7-11/h11,15H,3-10H2,1-2H3,(H,16,17,18,20). The summed E-state index contributed by atoms with van der Waals surface area (Å²) in [6.07, 6.45) is 6.76. The molecule has 1 saturated heterocycles. The molecule has 1 aromatic rings. The summed E-state index contributed by atoms with van der Waals surface area (Å²) in [7, 11) is 1.83. The van der Waals surface area contributed by atoms with Crippen molar-refractivity contribution in [3.63, 3.8) is 0 Å². The van der Waals surface area contributed by atoms with E-state index in [1.807, 2.05) is 18.8 Å². The van der Waals surface area contributed by atoms with Gasteiger partial charge in [0.1, 0.15) is 0 Å². The van der Waals surface area contributed by atoms with Crippen LogP contribution in [0.4, 0.5) is 5.95 Å². The summed E-state index contributed by atoms with van der Waals surface area (Å²) in [5, 5.41) is 10.7. The number of hydrogen-bond donors (Lipinski definition) is 2. The average Bonchev–Trinajstić information content (AvgIpc) is 2.86. The zero-order valence-electron chi connectivity index (χ0n) is 12.9. The van der Waals surface area contributed by atoms with Gasteiger partial charge >= 0.3 is 0 Å². The molecule has 0 radical (unpaired) electrons. The van der Waals surface area contributed by atoms with Gasteiger partial charge in [-0.05, 0) is 50.8 Å². The van der Waals surface area contributed by atoms with Crippen molar-refractivity contribution in [3.05, 3.63) is 5.82 Å². The summed E-state index contributed by atoms with van der Waals surface area (Å²) in [6, 6.07) is 0. The van der Waals surface area contributed by atoms with Gasteiger partial charge in [0.25, 0.3) is 0 Å². The van der Waals surface area contributed by atoms with Crippen molar-refractivity contribution in [1.29, 1.82) is 0 Å². The fourth-order valence-corrected chi connectivity index (χ4v) is 2.98. The zero-order chi connectivity index (χ0) is 15.1. The first kappa shape index (κ1) is 16.3. The van der Waals surface area contributed by atoms with Gasteiger partial charge < -0.3 is 5.32 Å². The Kier molecular flexibility index (Phi) is 6.50. The van der Waals surface area contributed by atoms with Gasteiger partial charge in [-0.25, -0.2) is 4.68 Å². The third-order valence-corrected chi connectivity index (χ3v) is 4.43. The molecular formula is C14H25N5OS. The number of carbonyl (C=O) groups excluding carboxylic acids is 1. The summed E-state index contributed by atoms with van der Waals surface area (Å²) in [5.41, 5.74) is 0. The SMILES string of the molecule is CSCCCCC(=O)Nc1nc(C2CCNCC2)nn1C. The number of aryl methyl sites for hydroxylation is 1. The molecule has 0 spiro atoms. The van der Waals surface area contributed by atoms with Crippen LogP contribution in [0.3, 0.4) is 0 Å². The summed E-state index contributed by atoms with van der Waals surface area (Å²) < 4.78 is 1.68. The lowest BCUT2D eigenvalue weighted by Gasteiger charge is -2.19. The number of aromatic nitrogens is 3. The molecule has 0 aromatic carbocycles. The summed E-state index contributed by atoms with van der Waals surface area (Å²) in [4.78, 5) is 16.4. The average molecular weight is 311 g/mol. The van der Waals surface area contributed by atoms with Crippen molar-refractivity contribution in [3.8, 4) is 0 Å². The van der Waals surface area contributed by atoms with Gasteiger partial charge in [0.15, 0.2) is 5.82 Å². The number of hydrogen-bond acceptors (Lipinski definition) is 5. The van der Waals surface area contributed by atoms with Gasteiger partial charge in [-0.2, -0.15) is 21.8 Å². The lowest BCUT2D eigenvalue weighted by atomic mass is 9.98. The molecule has 6 nitrogen and oxygen atoms in total. The van der Waals surface area contributed by atoms with Crippen molar-refractivity contribution in [2.75, 3.05) is 30.4 Å². The molecule has 0 atom stereocenters. The minimum atomic E-state index is 0.0310. The van der Waals surface area contributed by atoms with Crippen LogP contribution in [0.1, 0.15) is 43.8 Å². The van der Waals surface area contributed by atoms with Crippen LogP contribution in [0.25, 0.3) is 0 Å². The van der Waals surface area contributed by atoms with Gasteiger partial charge in [-0.1, -0.05) is 0 Å². The van der Waals surface area contributed by atoms with Crippen LogP contribution in [-0.2, 0) is 11.8 Å². The molecule has 2 heterocycles. The minimum Gasteiger partial charge on any atom is -0.317 e. The van der Waals surface area contributed by atoms with Crippen LogP contribution in [0.2, 0.25) is 0 Å². The molecule has 0 bridgehead atoms. The maximum Gasteiger partial charge on any atom is 0.227 e. The first-order chi connectivity index (χ1) is 10.2. The van der Waals surface area contributed by atoms with Crippen LogP contribution < -0.4 is 10.6 Å². The first-order valence-electron chi connectivity index (χ1n) is 7.61. The van der Waals surface area contributed by atoms with E-state index in [1.54, 1.807) is 4.68 Å². The van der Waals surface area contributed by atoms with Gasteiger partial charge in [-0.15, -0.1) is 0 Å². The molecule has 0 unspecified atom stereocenters. The summed E-state index contributed by atoms with van der Waals surface area (Å²) in [5.74, 6) is 2.97. The first-order valence-corrected chi connectivity index (χ1v) is 9.00. The maximum absolute atomic E-state index is 11.9. The number of carbonyl (C=O) groups is 1. The van der Waals surface area contributed by atoms with Crippen LogP contribution in [-0.4, -0.2) is 45.8 Å². The Balaban J connectivity index is 1.85. The second kappa shape index (κ2) is 8.38. The number of amides is 1. The Bertz CT molecular complexity index is 456. The molecule has 2 N–H and O–H groups in total. The lowest BCUT2D eigenvalue weighted by Crippen LogP contribution is -2.27.